The van der Waals surface area contributed by atoms with E-state index in [2.05, 4.69) is 12.2 Å². The maximum atomic E-state index is 13.4. The summed E-state index contributed by atoms with van der Waals surface area (Å²) in [5.74, 6) is 0.559. The second-order valence-corrected chi connectivity index (χ2v) is 8.61. The molecule has 5 nitrogen and oxygen atoms in total. The van der Waals surface area contributed by atoms with Crippen LogP contribution in [-0.4, -0.2) is 30.4 Å². The van der Waals surface area contributed by atoms with Crippen LogP contribution in [0.15, 0.2) is 72.1 Å². The molecule has 0 aliphatic carbocycles. The molecule has 3 rings (SSSR count). The number of methoxy groups -OCH3 is 1. The molecular weight excluding hydrogens is 420 g/mol. The van der Waals surface area contributed by atoms with Crippen LogP contribution in [-0.2, 0) is 22.6 Å². The predicted molar refractivity (Wildman–Crippen MR) is 129 cm³/mol. The Bertz CT molecular complexity index is 972. The van der Waals surface area contributed by atoms with Crippen LogP contribution >= 0.6 is 11.3 Å². The molecule has 168 valence electrons. The van der Waals surface area contributed by atoms with Gasteiger partial charge in [-0.3, -0.25) is 9.59 Å². The molecule has 32 heavy (non-hydrogen) atoms. The SMILES string of the molecule is CCCCN(C(=O)Cc1cccs1)[C@H](C(=O)NCc1ccc(OC)cc1)c1ccccc1. The molecule has 3 aromatic rings. The number of unbranched alkanes of at least 4 members (excludes halogenated alkanes) is 1. The van der Waals surface area contributed by atoms with Crippen LogP contribution in [0.25, 0.3) is 0 Å². The summed E-state index contributed by atoms with van der Waals surface area (Å²) in [6, 6.07) is 20.4. The molecule has 0 unspecified atom stereocenters. The minimum Gasteiger partial charge on any atom is -0.497 e. The molecule has 0 aliphatic heterocycles. The molecule has 0 spiro atoms. The topological polar surface area (TPSA) is 58.6 Å². The number of nitrogens with zero attached hydrogens (tertiary/aromatic N) is 1. The Morgan fingerprint density at radius 1 is 1.03 bits per heavy atom. The number of hydrogen-bond donors (Lipinski definition) is 1. The predicted octanol–water partition coefficient (Wildman–Crippen LogP) is 4.99. The summed E-state index contributed by atoms with van der Waals surface area (Å²) in [5, 5.41) is 5.00. The minimum atomic E-state index is -0.673. The van der Waals surface area contributed by atoms with Crippen molar-refractivity contribution in [2.24, 2.45) is 0 Å². The van der Waals surface area contributed by atoms with Crippen molar-refractivity contribution in [1.82, 2.24) is 10.2 Å². The van der Waals surface area contributed by atoms with E-state index in [0.29, 0.717) is 19.5 Å². The lowest BCUT2D eigenvalue weighted by Crippen LogP contribution is -2.44. The van der Waals surface area contributed by atoms with Gasteiger partial charge in [0.25, 0.3) is 0 Å². The van der Waals surface area contributed by atoms with Gasteiger partial charge in [-0.25, -0.2) is 0 Å². The van der Waals surface area contributed by atoms with Gasteiger partial charge in [-0.2, -0.15) is 0 Å². The van der Waals surface area contributed by atoms with Crippen molar-refractivity contribution in [3.8, 4) is 5.75 Å². The van der Waals surface area contributed by atoms with Crippen molar-refractivity contribution in [2.45, 2.75) is 38.8 Å². The van der Waals surface area contributed by atoms with Crippen molar-refractivity contribution in [2.75, 3.05) is 13.7 Å². The summed E-state index contributed by atoms with van der Waals surface area (Å²) in [7, 11) is 1.62. The molecular formula is C26H30N2O3S. The standard InChI is InChI=1S/C26H30N2O3S/c1-3-4-16-28(24(29)18-23-11-8-17-32-23)25(21-9-6-5-7-10-21)26(30)27-19-20-12-14-22(31-2)15-13-20/h5-15,17,25H,3-4,16,18-19H2,1-2H3,(H,27,30)/t25-/m0/s1. The molecule has 2 amide bonds. The molecule has 1 aromatic heterocycles. The van der Waals surface area contributed by atoms with Gasteiger partial charge in [0.2, 0.25) is 11.8 Å². The summed E-state index contributed by atoms with van der Waals surface area (Å²) in [4.78, 5) is 29.5. The first-order valence-electron chi connectivity index (χ1n) is 10.9. The lowest BCUT2D eigenvalue weighted by atomic mass is 10.0. The summed E-state index contributed by atoms with van der Waals surface area (Å²) >= 11 is 1.56. The number of rotatable bonds is 11. The smallest absolute Gasteiger partial charge is 0.247 e. The van der Waals surface area contributed by atoms with E-state index in [-0.39, 0.29) is 11.8 Å². The number of ether oxygens (including phenoxy) is 1. The monoisotopic (exact) mass is 450 g/mol. The third kappa shape index (κ3) is 6.44. The van der Waals surface area contributed by atoms with Gasteiger partial charge in [0, 0.05) is 18.0 Å². The third-order valence-corrected chi connectivity index (χ3v) is 6.16. The van der Waals surface area contributed by atoms with Crippen LogP contribution in [0.4, 0.5) is 0 Å². The molecule has 6 heteroatoms. The number of thiophene rings is 1. The van der Waals surface area contributed by atoms with Crippen molar-refractivity contribution in [3.63, 3.8) is 0 Å². The van der Waals surface area contributed by atoms with Gasteiger partial charge < -0.3 is 15.0 Å². The van der Waals surface area contributed by atoms with Crippen molar-refractivity contribution < 1.29 is 14.3 Å². The number of amides is 2. The average Bonchev–Trinajstić information content (AvgIpc) is 3.34. The first-order chi connectivity index (χ1) is 15.6. The molecule has 0 radical (unpaired) electrons. The molecule has 1 heterocycles. The van der Waals surface area contributed by atoms with Gasteiger partial charge in [-0.1, -0.05) is 61.9 Å². The number of nitrogens with one attached hydrogen (secondary N) is 1. The normalized spacial score (nSPS) is 11.6. The van der Waals surface area contributed by atoms with E-state index < -0.39 is 6.04 Å². The van der Waals surface area contributed by atoms with Gasteiger partial charge in [-0.15, -0.1) is 11.3 Å². The number of benzene rings is 2. The van der Waals surface area contributed by atoms with E-state index in [1.807, 2.05) is 72.1 Å². The Hall–Kier alpha value is -3.12. The van der Waals surface area contributed by atoms with Crippen LogP contribution in [0.1, 0.15) is 41.8 Å². The Kier molecular flexibility index (Phi) is 8.87. The maximum Gasteiger partial charge on any atom is 0.247 e. The second-order valence-electron chi connectivity index (χ2n) is 7.58. The lowest BCUT2D eigenvalue weighted by Gasteiger charge is -2.31. The van der Waals surface area contributed by atoms with Crippen molar-refractivity contribution in [1.29, 1.82) is 0 Å². The fraction of sp³-hybridized carbons (Fsp3) is 0.308. The van der Waals surface area contributed by atoms with Crippen molar-refractivity contribution >= 4 is 23.2 Å². The van der Waals surface area contributed by atoms with Crippen LogP contribution in [0.5, 0.6) is 5.75 Å². The highest BCUT2D eigenvalue weighted by Gasteiger charge is 2.31. The molecule has 0 saturated carbocycles. The minimum absolute atomic E-state index is 0.0330. The Morgan fingerprint density at radius 2 is 1.78 bits per heavy atom. The highest BCUT2D eigenvalue weighted by atomic mass is 32.1. The lowest BCUT2D eigenvalue weighted by molar-refractivity contribution is -0.140. The van der Waals surface area contributed by atoms with E-state index in [0.717, 1.165) is 34.6 Å². The van der Waals surface area contributed by atoms with Gasteiger partial charge in [0.1, 0.15) is 11.8 Å². The van der Waals surface area contributed by atoms with Crippen LogP contribution in [0.3, 0.4) is 0 Å². The molecule has 1 atom stereocenters. The fourth-order valence-corrected chi connectivity index (χ4v) is 4.22. The molecule has 0 saturated heterocycles. The summed E-state index contributed by atoms with van der Waals surface area (Å²) in [6.45, 7) is 3.01. The zero-order valence-electron chi connectivity index (χ0n) is 18.6. The summed E-state index contributed by atoms with van der Waals surface area (Å²) in [6.07, 6.45) is 2.08. The van der Waals surface area contributed by atoms with Crippen LogP contribution in [0.2, 0.25) is 0 Å². The largest absolute Gasteiger partial charge is 0.497 e. The van der Waals surface area contributed by atoms with Gasteiger partial charge >= 0.3 is 0 Å². The first kappa shape index (κ1) is 23.5. The third-order valence-electron chi connectivity index (χ3n) is 5.28. The van der Waals surface area contributed by atoms with E-state index in [1.165, 1.54) is 0 Å². The summed E-state index contributed by atoms with van der Waals surface area (Å²) < 4.78 is 5.20. The fourth-order valence-electron chi connectivity index (χ4n) is 3.53. The van der Waals surface area contributed by atoms with E-state index >= 15 is 0 Å². The Balaban J connectivity index is 1.82. The quantitative estimate of drug-likeness (QED) is 0.448. The number of carbonyl (C=O) groups excluding carboxylic acids is 2. The number of carbonyl (C=O) groups is 2. The van der Waals surface area contributed by atoms with Gasteiger partial charge in [-0.05, 0) is 41.1 Å². The number of hydrogen-bond acceptors (Lipinski definition) is 4. The zero-order valence-corrected chi connectivity index (χ0v) is 19.4. The highest BCUT2D eigenvalue weighted by molar-refractivity contribution is 7.10. The second kappa shape index (κ2) is 12.1. The van der Waals surface area contributed by atoms with Gasteiger partial charge in [0.15, 0.2) is 0 Å². The first-order valence-corrected chi connectivity index (χ1v) is 11.8. The molecule has 0 bridgehead atoms. The zero-order chi connectivity index (χ0) is 22.8. The molecule has 1 N–H and O–H groups in total. The molecule has 0 fully saturated rings. The van der Waals surface area contributed by atoms with E-state index in [1.54, 1.807) is 23.3 Å². The van der Waals surface area contributed by atoms with E-state index in [9.17, 15) is 9.59 Å². The van der Waals surface area contributed by atoms with Crippen LogP contribution < -0.4 is 10.1 Å². The highest BCUT2D eigenvalue weighted by Crippen LogP contribution is 2.24. The summed E-state index contributed by atoms with van der Waals surface area (Å²) in [5.41, 5.74) is 1.78. The van der Waals surface area contributed by atoms with Crippen LogP contribution in [0, 0.1) is 0 Å². The van der Waals surface area contributed by atoms with Crippen molar-refractivity contribution in [3.05, 3.63) is 88.1 Å². The molecule has 2 aromatic carbocycles. The molecule has 0 aliphatic rings. The van der Waals surface area contributed by atoms with E-state index in [4.69, 9.17) is 4.74 Å². The maximum absolute atomic E-state index is 13.4. The Labute approximate surface area is 194 Å². The van der Waals surface area contributed by atoms with Gasteiger partial charge in [0.05, 0.1) is 13.5 Å². The Morgan fingerprint density at radius 3 is 2.41 bits per heavy atom. The average molecular weight is 451 g/mol.